The molecule has 0 saturated carbocycles. The van der Waals surface area contributed by atoms with Gasteiger partial charge in [0.05, 0.1) is 13.7 Å². The van der Waals surface area contributed by atoms with Crippen LogP contribution in [0.15, 0.2) is 24.3 Å². The molecular weight excluding hydrogens is 256 g/mol. The second-order valence-electron chi connectivity index (χ2n) is 3.78. The summed E-state index contributed by atoms with van der Waals surface area (Å²) < 4.78 is 29.6. The highest BCUT2D eigenvalue weighted by Gasteiger charge is 2.17. The Morgan fingerprint density at radius 3 is 2.53 bits per heavy atom. The van der Waals surface area contributed by atoms with Crippen molar-refractivity contribution in [3.05, 3.63) is 24.3 Å². The molecule has 0 saturated heterocycles. The Balaban J connectivity index is 2.63. The number of nitrogens with one attached hydrogen (secondary N) is 1. The Morgan fingerprint density at radius 1 is 1.42 bits per heavy atom. The minimum absolute atomic E-state index is 0.0757. The highest BCUT2D eigenvalue weighted by Crippen LogP contribution is 2.15. The minimum atomic E-state index is -2.59. The molecule has 0 aromatic heterocycles. The molecule has 1 rings (SSSR count). The van der Waals surface area contributed by atoms with Gasteiger partial charge in [-0.3, -0.25) is 0 Å². The SMILES string of the molecule is COc1ccc(NC(=O)N(CCN)CC(F)F)cc1. The molecule has 3 N–H and O–H groups in total. The number of nitrogens with zero attached hydrogens (tertiary/aromatic N) is 1. The monoisotopic (exact) mass is 273 g/mol. The zero-order valence-electron chi connectivity index (χ0n) is 10.6. The zero-order chi connectivity index (χ0) is 14.3. The summed E-state index contributed by atoms with van der Waals surface area (Å²) in [5.74, 6) is 0.643. The van der Waals surface area contributed by atoms with Gasteiger partial charge in [0.2, 0.25) is 0 Å². The highest BCUT2D eigenvalue weighted by molar-refractivity contribution is 5.89. The van der Waals surface area contributed by atoms with Crippen LogP contribution in [0.1, 0.15) is 0 Å². The molecule has 7 heteroatoms. The molecule has 0 atom stereocenters. The molecule has 1 aromatic rings. The molecule has 0 aliphatic rings. The predicted molar refractivity (Wildman–Crippen MR) is 68.6 cm³/mol. The number of hydrogen-bond acceptors (Lipinski definition) is 3. The number of methoxy groups -OCH3 is 1. The number of amides is 2. The molecule has 0 aliphatic carbocycles. The third-order valence-electron chi connectivity index (χ3n) is 2.39. The van der Waals surface area contributed by atoms with Gasteiger partial charge in [0, 0.05) is 18.8 Å². The van der Waals surface area contributed by atoms with Crippen molar-refractivity contribution >= 4 is 11.7 Å². The first-order chi connectivity index (χ1) is 9.06. The summed E-state index contributed by atoms with van der Waals surface area (Å²) in [6.45, 7) is -0.436. The van der Waals surface area contributed by atoms with Crippen molar-refractivity contribution in [3.8, 4) is 5.75 Å². The van der Waals surface area contributed by atoms with Gasteiger partial charge in [-0.15, -0.1) is 0 Å². The number of carbonyl (C=O) groups excluding carboxylic acids is 1. The van der Waals surface area contributed by atoms with E-state index in [-0.39, 0.29) is 13.1 Å². The number of ether oxygens (including phenoxy) is 1. The predicted octanol–water partition coefficient (Wildman–Crippen LogP) is 1.75. The van der Waals surface area contributed by atoms with Crippen molar-refractivity contribution in [2.45, 2.75) is 6.43 Å². The number of anilines is 1. The molecule has 0 heterocycles. The van der Waals surface area contributed by atoms with Crippen molar-refractivity contribution in [2.75, 3.05) is 32.1 Å². The topological polar surface area (TPSA) is 67.6 Å². The van der Waals surface area contributed by atoms with Gasteiger partial charge in [-0.05, 0) is 24.3 Å². The van der Waals surface area contributed by atoms with Crippen molar-refractivity contribution < 1.29 is 18.3 Å². The maximum Gasteiger partial charge on any atom is 0.322 e. The lowest BCUT2D eigenvalue weighted by Crippen LogP contribution is -2.41. The quantitative estimate of drug-likeness (QED) is 0.829. The minimum Gasteiger partial charge on any atom is -0.497 e. The molecule has 0 radical (unpaired) electrons. The van der Waals surface area contributed by atoms with E-state index in [1.807, 2.05) is 0 Å². The van der Waals surface area contributed by atoms with Crippen molar-refractivity contribution in [2.24, 2.45) is 5.73 Å². The van der Waals surface area contributed by atoms with Gasteiger partial charge in [0.25, 0.3) is 6.43 Å². The van der Waals surface area contributed by atoms with Crippen LogP contribution in [0.25, 0.3) is 0 Å². The number of alkyl halides is 2. The van der Waals surface area contributed by atoms with Gasteiger partial charge in [0.15, 0.2) is 0 Å². The third-order valence-corrected chi connectivity index (χ3v) is 2.39. The Morgan fingerprint density at radius 2 is 2.05 bits per heavy atom. The molecule has 2 amide bonds. The van der Waals surface area contributed by atoms with E-state index >= 15 is 0 Å². The van der Waals surface area contributed by atoms with E-state index in [2.05, 4.69) is 5.32 Å². The summed E-state index contributed by atoms with van der Waals surface area (Å²) in [5.41, 5.74) is 5.79. The fourth-order valence-electron chi connectivity index (χ4n) is 1.48. The van der Waals surface area contributed by atoms with Crippen LogP contribution < -0.4 is 15.8 Å². The van der Waals surface area contributed by atoms with Crippen molar-refractivity contribution in [1.82, 2.24) is 4.90 Å². The largest absolute Gasteiger partial charge is 0.497 e. The number of nitrogens with two attached hydrogens (primary N) is 1. The number of carbonyl (C=O) groups is 1. The molecule has 0 unspecified atom stereocenters. The number of benzene rings is 1. The zero-order valence-corrected chi connectivity index (χ0v) is 10.6. The molecule has 19 heavy (non-hydrogen) atoms. The van der Waals surface area contributed by atoms with Gasteiger partial charge in [-0.25, -0.2) is 13.6 Å². The standard InChI is InChI=1S/C12H17F2N3O2/c1-19-10-4-2-9(3-5-10)16-12(18)17(7-6-15)8-11(13)14/h2-5,11H,6-8,15H2,1H3,(H,16,18). The lowest BCUT2D eigenvalue weighted by molar-refractivity contribution is 0.103. The summed E-state index contributed by atoms with van der Waals surface area (Å²) in [5, 5.41) is 2.53. The summed E-state index contributed by atoms with van der Waals surface area (Å²) >= 11 is 0. The summed E-state index contributed by atoms with van der Waals surface area (Å²) in [6.07, 6.45) is -2.59. The summed E-state index contributed by atoms with van der Waals surface area (Å²) in [6, 6.07) is 5.97. The maximum atomic E-state index is 12.3. The maximum absolute atomic E-state index is 12.3. The van der Waals surface area contributed by atoms with Gasteiger partial charge >= 0.3 is 6.03 Å². The Bertz CT molecular complexity index is 398. The first-order valence-corrected chi connectivity index (χ1v) is 5.75. The lowest BCUT2D eigenvalue weighted by Gasteiger charge is -2.22. The second-order valence-corrected chi connectivity index (χ2v) is 3.78. The molecule has 0 bridgehead atoms. The molecule has 0 spiro atoms. The van der Waals surface area contributed by atoms with E-state index in [1.54, 1.807) is 24.3 Å². The van der Waals surface area contributed by atoms with Crippen LogP contribution in [-0.2, 0) is 0 Å². The van der Waals surface area contributed by atoms with E-state index in [4.69, 9.17) is 10.5 Å². The van der Waals surface area contributed by atoms with E-state index in [0.29, 0.717) is 11.4 Å². The normalized spacial score (nSPS) is 10.4. The Kier molecular flexibility index (Phi) is 6.01. The highest BCUT2D eigenvalue weighted by atomic mass is 19.3. The van der Waals surface area contributed by atoms with Gasteiger partial charge in [0.1, 0.15) is 5.75 Å². The van der Waals surface area contributed by atoms with Gasteiger partial charge < -0.3 is 20.7 Å². The van der Waals surface area contributed by atoms with E-state index < -0.39 is 19.0 Å². The van der Waals surface area contributed by atoms with Crippen molar-refractivity contribution in [3.63, 3.8) is 0 Å². The average molecular weight is 273 g/mol. The molecule has 5 nitrogen and oxygen atoms in total. The van der Waals surface area contributed by atoms with E-state index in [1.165, 1.54) is 7.11 Å². The molecular formula is C12H17F2N3O2. The summed E-state index contributed by atoms with van der Waals surface area (Å²) in [4.78, 5) is 12.8. The molecule has 106 valence electrons. The average Bonchev–Trinajstić information content (AvgIpc) is 2.38. The third kappa shape index (κ3) is 5.09. The number of urea groups is 1. The number of hydrogen-bond donors (Lipinski definition) is 2. The van der Waals surface area contributed by atoms with E-state index in [0.717, 1.165) is 4.90 Å². The summed E-state index contributed by atoms with van der Waals surface area (Å²) in [7, 11) is 1.53. The second kappa shape index (κ2) is 7.52. The van der Waals surface area contributed by atoms with E-state index in [9.17, 15) is 13.6 Å². The Hall–Kier alpha value is -1.89. The van der Waals surface area contributed by atoms with Crippen LogP contribution in [-0.4, -0.2) is 44.1 Å². The smallest absolute Gasteiger partial charge is 0.322 e. The fraction of sp³-hybridized carbons (Fsp3) is 0.417. The lowest BCUT2D eigenvalue weighted by atomic mass is 10.3. The van der Waals surface area contributed by atoms with Crippen LogP contribution in [0.3, 0.4) is 0 Å². The van der Waals surface area contributed by atoms with Crippen LogP contribution in [0, 0.1) is 0 Å². The number of rotatable bonds is 6. The van der Waals surface area contributed by atoms with Crippen LogP contribution in [0.5, 0.6) is 5.75 Å². The fourth-order valence-corrected chi connectivity index (χ4v) is 1.48. The van der Waals surface area contributed by atoms with Gasteiger partial charge in [-0.2, -0.15) is 0 Å². The Labute approximate surface area is 110 Å². The van der Waals surface area contributed by atoms with Crippen molar-refractivity contribution in [1.29, 1.82) is 0 Å². The first kappa shape index (κ1) is 15.2. The molecule has 0 aliphatic heterocycles. The molecule has 1 aromatic carbocycles. The first-order valence-electron chi connectivity index (χ1n) is 5.75. The van der Waals surface area contributed by atoms with Crippen LogP contribution in [0.2, 0.25) is 0 Å². The number of halogens is 2. The van der Waals surface area contributed by atoms with Crippen LogP contribution >= 0.6 is 0 Å². The van der Waals surface area contributed by atoms with Crippen LogP contribution in [0.4, 0.5) is 19.3 Å². The van der Waals surface area contributed by atoms with Gasteiger partial charge in [-0.1, -0.05) is 0 Å². The molecule has 0 fully saturated rings.